The summed E-state index contributed by atoms with van der Waals surface area (Å²) in [5, 5.41) is 27.1. The molecule has 0 aliphatic heterocycles. The molecule has 0 aliphatic rings. The Labute approximate surface area is 232 Å². The minimum atomic E-state index is -0.327. The SMILES string of the molecule is Cc1ncccc1[C@H](Nc1cc(Cl)c2ncc(C#N)c(N[C@H](C)c3ccccc3)c2c1)c1cn(C(C)C)nn1. The van der Waals surface area contributed by atoms with Gasteiger partial charge in [-0.1, -0.05) is 53.2 Å². The highest BCUT2D eigenvalue weighted by Crippen LogP contribution is 2.37. The Hall–Kier alpha value is -4.48. The van der Waals surface area contributed by atoms with Gasteiger partial charge >= 0.3 is 0 Å². The van der Waals surface area contributed by atoms with Crippen LogP contribution in [0.2, 0.25) is 5.02 Å². The van der Waals surface area contributed by atoms with E-state index in [-0.39, 0.29) is 18.1 Å². The van der Waals surface area contributed by atoms with Crippen molar-refractivity contribution in [2.75, 3.05) is 10.6 Å². The first-order chi connectivity index (χ1) is 18.9. The zero-order chi connectivity index (χ0) is 27.5. The van der Waals surface area contributed by atoms with Crippen LogP contribution in [0.15, 0.2) is 73.2 Å². The number of hydrogen-bond acceptors (Lipinski definition) is 7. The largest absolute Gasteiger partial charge is 0.377 e. The predicted octanol–water partition coefficient (Wildman–Crippen LogP) is 7.01. The lowest BCUT2D eigenvalue weighted by atomic mass is 10.0. The van der Waals surface area contributed by atoms with Gasteiger partial charge in [0.25, 0.3) is 0 Å². The average molecular weight is 537 g/mol. The van der Waals surface area contributed by atoms with E-state index in [1.165, 1.54) is 0 Å². The number of hydrogen-bond donors (Lipinski definition) is 2. The minimum Gasteiger partial charge on any atom is -0.377 e. The van der Waals surface area contributed by atoms with E-state index in [0.29, 0.717) is 21.8 Å². The molecule has 5 aromatic rings. The van der Waals surface area contributed by atoms with Crippen LogP contribution >= 0.6 is 11.6 Å². The number of benzene rings is 2. The second-order valence-corrected chi connectivity index (χ2v) is 10.2. The first-order valence-corrected chi connectivity index (χ1v) is 13.2. The molecule has 3 aromatic heterocycles. The maximum atomic E-state index is 9.92. The first kappa shape index (κ1) is 26.1. The topological polar surface area (TPSA) is 104 Å². The monoisotopic (exact) mass is 536 g/mol. The molecule has 0 aliphatic carbocycles. The number of nitriles is 1. The van der Waals surface area contributed by atoms with Crippen molar-refractivity contribution in [1.29, 1.82) is 5.26 Å². The molecule has 0 fully saturated rings. The predicted molar refractivity (Wildman–Crippen MR) is 155 cm³/mol. The van der Waals surface area contributed by atoms with Crippen LogP contribution in [-0.4, -0.2) is 25.0 Å². The summed E-state index contributed by atoms with van der Waals surface area (Å²) in [6, 6.07) is 19.9. The zero-order valence-corrected chi connectivity index (χ0v) is 23.0. The average Bonchev–Trinajstić information content (AvgIpc) is 3.44. The molecular weight excluding hydrogens is 508 g/mol. The highest BCUT2D eigenvalue weighted by Gasteiger charge is 2.22. The normalized spacial score (nSPS) is 12.7. The van der Waals surface area contributed by atoms with Crippen LogP contribution in [0.1, 0.15) is 67.0 Å². The van der Waals surface area contributed by atoms with Crippen LogP contribution in [0.5, 0.6) is 0 Å². The third kappa shape index (κ3) is 5.40. The first-order valence-electron chi connectivity index (χ1n) is 12.8. The molecule has 0 radical (unpaired) electrons. The number of aromatic nitrogens is 5. The van der Waals surface area contributed by atoms with Crippen molar-refractivity contribution in [1.82, 2.24) is 25.0 Å². The molecule has 0 saturated heterocycles. The summed E-state index contributed by atoms with van der Waals surface area (Å²) in [5.74, 6) is 0. The lowest BCUT2D eigenvalue weighted by molar-refractivity contribution is 0.514. The van der Waals surface area contributed by atoms with Gasteiger partial charge in [0.2, 0.25) is 0 Å². The molecular formula is C30H29ClN8. The Morgan fingerprint density at radius 1 is 1.00 bits per heavy atom. The van der Waals surface area contributed by atoms with Gasteiger partial charge in [-0.3, -0.25) is 9.97 Å². The zero-order valence-electron chi connectivity index (χ0n) is 22.2. The second kappa shape index (κ2) is 11.1. The highest BCUT2D eigenvalue weighted by atomic mass is 35.5. The van der Waals surface area contributed by atoms with Crippen LogP contribution in [0, 0.1) is 18.3 Å². The molecule has 0 unspecified atom stereocenters. The number of nitrogens with zero attached hydrogens (tertiary/aromatic N) is 6. The smallest absolute Gasteiger partial charge is 0.110 e. The van der Waals surface area contributed by atoms with Gasteiger partial charge in [0.15, 0.2) is 0 Å². The fraction of sp³-hybridized carbons (Fsp3) is 0.233. The van der Waals surface area contributed by atoms with Gasteiger partial charge in [0.1, 0.15) is 11.8 Å². The highest BCUT2D eigenvalue weighted by molar-refractivity contribution is 6.35. The van der Waals surface area contributed by atoms with E-state index in [0.717, 1.165) is 33.6 Å². The lowest BCUT2D eigenvalue weighted by Crippen LogP contribution is -2.15. The van der Waals surface area contributed by atoms with Crippen LogP contribution in [-0.2, 0) is 0 Å². The maximum absolute atomic E-state index is 9.92. The molecule has 2 N–H and O–H groups in total. The molecule has 8 nitrogen and oxygen atoms in total. The van der Waals surface area contributed by atoms with E-state index in [1.807, 2.05) is 60.3 Å². The molecule has 0 amide bonds. The van der Waals surface area contributed by atoms with Crippen molar-refractivity contribution in [2.45, 2.75) is 45.8 Å². The van der Waals surface area contributed by atoms with E-state index < -0.39 is 0 Å². The van der Waals surface area contributed by atoms with Gasteiger partial charge in [0.05, 0.1) is 34.0 Å². The summed E-state index contributed by atoms with van der Waals surface area (Å²) >= 11 is 6.78. The molecule has 0 bridgehead atoms. The summed E-state index contributed by atoms with van der Waals surface area (Å²) in [4.78, 5) is 9.01. The molecule has 3 heterocycles. The Balaban J connectivity index is 1.60. The van der Waals surface area contributed by atoms with Gasteiger partial charge in [-0.25, -0.2) is 4.68 Å². The van der Waals surface area contributed by atoms with E-state index in [2.05, 4.69) is 69.9 Å². The van der Waals surface area contributed by atoms with Gasteiger partial charge in [-0.15, -0.1) is 5.10 Å². The molecule has 0 spiro atoms. The number of rotatable bonds is 8. The van der Waals surface area contributed by atoms with E-state index >= 15 is 0 Å². The lowest BCUT2D eigenvalue weighted by Gasteiger charge is -2.22. The Morgan fingerprint density at radius 2 is 1.79 bits per heavy atom. The molecule has 0 saturated carbocycles. The molecule has 5 rings (SSSR count). The van der Waals surface area contributed by atoms with Crippen LogP contribution < -0.4 is 10.6 Å². The van der Waals surface area contributed by atoms with Crippen molar-refractivity contribution >= 4 is 33.9 Å². The third-order valence-electron chi connectivity index (χ3n) is 6.73. The van der Waals surface area contributed by atoms with Gasteiger partial charge in [-0.2, -0.15) is 5.26 Å². The van der Waals surface area contributed by atoms with E-state index in [1.54, 1.807) is 12.4 Å². The molecule has 39 heavy (non-hydrogen) atoms. The Morgan fingerprint density at radius 3 is 2.49 bits per heavy atom. The number of anilines is 2. The van der Waals surface area contributed by atoms with Crippen molar-refractivity contribution < 1.29 is 0 Å². The number of fused-ring (bicyclic) bond motifs is 1. The molecule has 9 heteroatoms. The fourth-order valence-corrected chi connectivity index (χ4v) is 4.85. The quantitative estimate of drug-likeness (QED) is 0.220. The Bertz CT molecular complexity index is 1660. The third-order valence-corrected chi connectivity index (χ3v) is 7.02. The number of halogens is 1. The van der Waals surface area contributed by atoms with Crippen LogP contribution in [0.3, 0.4) is 0 Å². The Kier molecular flexibility index (Phi) is 7.44. The summed E-state index contributed by atoms with van der Waals surface area (Å²) in [7, 11) is 0. The van der Waals surface area contributed by atoms with Crippen molar-refractivity contribution in [3.63, 3.8) is 0 Å². The fourth-order valence-electron chi connectivity index (χ4n) is 4.58. The number of pyridine rings is 2. The van der Waals surface area contributed by atoms with Gasteiger partial charge in [0, 0.05) is 46.8 Å². The van der Waals surface area contributed by atoms with Gasteiger partial charge in [-0.05, 0) is 51.5 Å². The minimum absolute atomic E-state index is 0.0452. The maximum Gasteiger partial charge on any atom is 0.110 e. The van der Waals surface area contributed by atoms with Crippen molar-refractivity contribution in [3.05, 3.63) is 106 Å². The summed E-state index contributed by atoms with van der Waals surface area (Å²) in [6.45, 7) is 8.15. The summed E-state index contributed by atoms with van der Waals surface area (Å²) in [6.07, 6.45) is 5.28. The van der Waals surface area contributed by atoms with Crippen molar-refractivity contribution in [2.24, 2.45) is 0 Å². The number of aryl methyl sites for hydroxylation is 1. The molecule has 2 aromatic carbocycles. The number of nitrogens with one attached hydrogen (secondary N) is 2. The van der Waals surface area contributed by atoms with Crippen LogP contribution in [0.25, 0.3) is 10.9 Å². The van der Waals surface area contributed by atoms with E-state index in [4.69, 9.17) is 11.6 Å². The summed E-state index contributed by atoms with van der Waals surface area (Å²) < 4.78 is 1.83. The van der Waals surface area contributed by atoms with Gasteiger partial charge < -0.3 is 10.6 Å². The standard InChI is InChI=1S/C30H29ClN8/c1-18(2)39-17-27(37-38-39)30(24-11-8-12-33-20(24)4)36-23-13-25-28(35-19(3)21-9-6-5-7-10-21)22(15-32)16-34-29(25)26(31)14-23/h5-14,16-19,30,36H,1-4H3,(H,34,35)/t19-,30+/m1/s1. The van der Waals surface area contributed by atoms with Crippen molar-refractivity contribution in [3.8, 4) is 6.07 Å². The molecule has 196 valence electrons. The second-order valence-electron chi connectivity index (χ2n) is 9.76. The molecule has 2 atom stereocenters. The summed E-state index contributed by atoms with van der Waals surface area (Å²) in [5.41, 5.74) is 6.22. The van der Waals surface area contributed by atoms with Crippen LogP contribution in [0.4, 0.5) is 11.4 Å². The van der Waals surface area contributed by atoms with E-state index in [9.17, 15) is 5.26 Å².